The second-order valence-corrected chi connectivity index (χ2v) is 4.32. The van der Waals surface area contributed by atoms with Crippen LogP contribution in [-0.2, 0) is 13.1 Å². The molecule has 0 radical (unpaired) electrons. The maximum absolute atomic E-state index is 5.75. The van der Waals surface area contributed by atoms with Crippen molar-refractivity contribution >= 4 is 0 Å². The van der Waals surface area contributed by atoms with Crippen LogP contribution in [0.1, 0.15) is 32.0 Å². The van der Waals surface area contributed by atoms with Crippen molar-refractivity contribution in [1.82, 2.24) is 25.1 Å². The quantitative estimate of drug-likeness (QED) is 0.762. The van der Waals surface area contributed by atoms with Gasteiger partial charge in [-0.15, -0.1) is 5.10 Å². The molecular formula is C10H20N6. The number of aromatic nitrogens is 4. The van der Waals surface area contributed by atoms with Crippen molar-refractivity contribution in [3.63, 3.8) is 0 Å². The maximum Gasteiger partial charge on any atom is 0.165 e. The molecule has 1 saturated heterocycles. The third-order valence-electron chi connectivity index (χ3n) is 3.16. The van der Waals surface area contributed by atoms with Gasteiger partial charge in [-0.2, -0.15) is 0 Å². The van der Waals surface area contributed by atoms with Gasteiger partial charge in [-0.25, -0.2) is 4.68 Å². The average Bonchev–Trinajstić information content (AvgIpc) is 2.89. The summed E-state index contributed by atoms with van der Waals surface area (Å²) in [5.74, 6) is 0.960. The maximum atomic E-state index is 5.75. The van der Waals surface area contributed by atoms with Crippen molar-refractivity contribution in [2.75, 3.05) is 13.1 Å². The molecule has 6 heteroatoms. The number of aryl methyl sites for hydroxylation is 1. The molecule has 1 atom stereocenters. The van der Waals surface area contributed by atoms with Crippen molar-refractivity contribution in [1.29, 1.82) is 0 Å². The molecule has 0 amide bonds. The smallest absolute Gasteiger partial charge is 0.165 e. The summed E-state index contributed by atoms with van der Waals surface area (Å²) in [5, 5.41) is 11.8. The third-order valence-corrected chi connectivity index (χ3v) is 3.16. The van der Waals surface area contributed by atoms with Crippen LogP contribution in [0.15, 0.2) is 0 Å². The minimum absolute atomic E-state index is 0.506. The second-order valence-electron chi connectivity index (χ2n) is 4.32. The lowest BCUT2D eigenvalue weighted by atomic mass is 10.2. The molecule has 1 aliphatic rings. The predicted octanol–water partition coefficient (Wildman–Crippen LogP) is 0.00620. The molecule has 0 saturated carbocycles. The Labute approximate surface area is 95.8 Å². The highest BCUT2D eigenvalue weighted by molar-refractivity contribution is 4.87. The molecule has 1 fully saturated rings. The number of likely N-dealkylation sites (tertiary alicyclic amines) is 1. The lowest BCUT2D eigenvalue weighted by Crippen LogP contribution is -2.35. The van der Waals surface area contributed by atoms with Crippen LogP contribution >= 0.6 is 0 Å². The van der Waals surface area contributed by atoms with Gasteiger partial charge in [0.15, 0.2) is 5.82 Å². The monoisotopic (exact) mass is 224 g/mol. The SMILES string of the molecule is CCCn1nnnc1CN1CCCC1CN. The molecule has 1 aliphatic heterocycles. The summed E-state index contributed by atoms with van der Waals surface area (Å²) in [6, 6.07) is 0.506. The fourth-order valence-corrected chi connectivity index (χ4v) is 2.27. The zero-order valence-corrected chi connectivity index (χ0v) is 9.84. The van der Waals surface area contributed by atoms with E-state index in [1.54, 1.807) is 0 Å². The van der Waals surface area contributed by atoms with Gasteiger partial charge in [0.05, 0.1) is 6.54 Å². The Morgan fingerprint density at radius 3 is 3.12 bits per heavy atom. The van der Waals surface area contributed by atoms with E-state index in [4.69, 9.17) is 5.73 Å². The fourth-order valence-electron chi connectivity index (χ4n) is 2.27. The van der Waals surface area contributed by atoms with Crippen molar-refractivity contribution in [3.05, 3.63) is 5.82 Å². The van der Waals surface area contributed by atoms with Gasteiger partial charge in [-0.1, -0.05) is 6.92 Å². The van der Waals surface area contributed by atoms with E-state index >= 15 is 0 Å². The van der Waals surface area contributed by atoms with Gasteiger partial charge in [-0.05, 0) is 36.2 Å². The van der Waals surface area contributed by atoms with E-state index in [9.17, 15) is 0 Å². The van der Waals surface area contributed by atoms with Crippen LogP contribution in [-0.4, -0.2) is 44.2 Å². The topological polar surface area (TPSA) is 72.9 Å². The van der Waals surface area contributed by atoms with Gasteiger partial charge in [-0.3, -0.25) is 4.90 Å². The molecule has 1 aromatic heterocycles. The first-order valence-corrected chi connectivity index (χ1v) is 6.04. The summed E-state index contributed by atoms with van der Waals surface area (Å²) in [6.07, 6.45) is 3.49. The number of nitrogens with zero attached hydrogens (tertiary/aromatic N) is 5. The fraction of sp³-hybridized carbons (Fsp3) is 0.900. The first kappa shape index (κ1) is 11.5. The lowest BCUT2D eigenvalue weighted by Gasteiger charge is -2.22. The van der Waals surface area contributed by atoms with E-state index in [0.717, 1.165) is 38.4 Å². The molecule has 6 nitrogen and oxygen atoms in total. The Bertz CT molecular complexity index is 323. The number of rotatable bonds is 5. The van der Waals surface area contributed by atoms with Gasteiger partial charge >= 0.3 is 0 Å². The van der Waals surface area contributed by atoms with Crippen LogP contribution in [0.3, 0.4) is 0 Å². The molecular weight excluding hydrogens is 204 g/mol. The molecule has 90 valence electrons. The summed E-state index contributed by atoms with van der Waals surface area (Å²) >= 11 is 0. The van der Waals surface area contributed by atoms with Gasteiger partial charge in [0.2, 0.25) is 0 Å². The second kappa shape index (κ2) is 5.36. The lowest BCUT2D eigenvalue weighted by molar-refractivity contribution is 0.239. The molecule has 2 heterocycles. The van der Waals surface area contributed by atoms with Crippen LogP contribution < -0.4 is 5.73 Å². The van der Waals surface area contributed by atoms with Crippen LogP contribution in [0, 0.1) is 0 Å². The largest absolute Gasteiger partial charge is 0.329 e. The molecule has 2 rings (SSSR count). The van der Waals surface area contributed by atoms with Gasteiger partial charge < -0.3 is 5.73 Å². The van der Waals surface area contributed by atoms with Crippen molar-refractivity contribution in [3.8, 4) is 0 Å². The minimum atomic E-state index is 0.506. The highest BCUT2D eigenvalue weighted by atomic mass is 15.5. The number of hydrogen-bond acceptors (Lipinski definition) is 5. The minimum Gasteiger partial charge on any atom is -0.329 e. The zero-order chi connectivity index (χ0) is 11.4. The molecule has 0 bridgehead atoms. The Morgan fingerprint density at radius 2 is 2.38 bits per heavy atom. The Morgan fingerprint density at radius 1 is 1.50 bits per heavy atom. The molecule has 0 spiro atoms. The van der Waals surface area contributed by atoms with E-state index in [-0.39, 0.29) is 0 Å². The van der Waals surface area contributed by atoms with Crippen molar-refractivity contribution in [2.24, 2.45) is 5.73 Å². The van der Waals surface area contributed by atoms with Crippen molar-refractivity contribution in [2.45, 2.75) is 45.3 Å². The normalized spacial score (nSPS) is 21.8. The zero-order valence-electron chi connectivity index (χ0n) is 9.84. The first-order valence-electron chi connectivity index (χ1n) is 6.04. The van der Waals surface area contributed by atoms with E-state index in [2.05, 4.69) is 27.3 Å². The highest BCUT2D eigenvalue weighted by Crippen LogP contribution is 2.18. The average molecular weight is 224 g/mol. The van der Waals surface area contributed by atoms with Crippen molar-refractivity contribution < 1.29 is 0 Å². The molecule has 16 heavy (non-hydrogen) atoms. The Kier molecular flexibility index (Phi) is 3.84. The summed E-state index contributed by atoms with van der Waals surface area (Å²) in [4.78, 5) is 2.39. The first-order chi connectivity index (χ1) is 7.85. The van der Waals surface area contributed by atoms with Crippen LogP contribution in [0.5, 0.6) is 0 Å². The number of nitrogens with two attached hydrogens (primary N) is 1. The summed E-state index contributed by atoms with van der Waals surface area (Å²) in [6.45, 7) is 5.69. The third kappa shape index (κ3) is 2.38. The summed E-state index contributed by atoms with van der Waals surface area (Å²) in [5.41, 5.74) is 5.75. The van der Waals surface area contributed by atoms with E-state index < -0.39 is 0 Å². The highest BCUT2D eigenvalue weighted by Gasteiger charge is 2.24. The van der Waals surface area contributed by atoms with Gasteiger partial charge in [0.25, 0.3) is 0 Å². The van der Waals surface area contributed by atoms with Gasteiger partial charge in [0, 0.05) is 19.1 Å². The van der Waals surface area contributed by atoms with Crippen LogP contribution in [0.4, 0.5) is 0 Å². The molecule has 0 aromatic carbocycles. The van der Waals surface area contributed by atoms with Crippen LogP contribution in [0.25, 0.3) is 0 Å². The van der Waals surface area contributed by atoms with Crippen LogP contribution in [0.2, 0.25) is 0 Å². The van der Waals surface area contributed by atoms with E-state index in [1.165, 1.54) is 12.8 Å². The van der Waals surface area contributed by atoms with E-state index in [1.807, 2.05) is 4.68 Å². The molecule has 1 aromatic rings. The molecule has 2 N–H and O–H groups in total. The molecule has 0 aliphatic carbocycles. The Hall–Kier alpha value is -1.01. The number of tetrazole rings is 1. The summed E-state index contributed by atoms with van der Waals surface area (Å²) in [7, 11) is 0. The van der Waals surface area contributed by atoms with E-state index in [0.29, 0.717) is 6.04 Å². The van der Waals surface area contributed by atoms with Gasteiger partial charge in [0.1, 0.15) is 0 Å². The molecule has 1 unspecified atom stereocenters. The standard InChI is InChI=1S/C10H20N6/c1-2-5-16-10(12-13-14-16)8-15-6-3-4-9(15)7-11/h9H,2-8,11H2,1H3. The number of hydrogen-bond donors (Lipinski definition) is 1. The predicted molar refractivity (Wildman–Crippen MR) is 60.6 cm³/mol. The summed E-state index contributed by atoms with van der Waals surface area (Å²) < 4.78 is 1.89. The Balaban J connectivity index is 1.99.